The van der Waals surface area contributed by atoms with E-state index in [1.807, 2.05) is 0 Å². The Bertz CT molecular complexity index is 1090. The summed E-state index contributed by atoms with van der Waals surface area (Å²) in [5.74, 6) is 0.337. The second-order valence-corrected chi connectivity index (χ2v) is 8.55. The fourth-order valence-electron chi connectivity index (χ4n) is 3.26. The molecule has 0 aromatic heterocycles. The van der Waals surface area contributed by atoms with Crippen molar-refractivity contribution in [3.63, 3.8) is 0 Å². The Labute approximate surface area is 204 Å². The van der Waals surface area contributed by atoms with Gasteiger partial charge in [-0.15, -0.1) is 0 Å². The van der Waals surface area contributed by atoms with Gasteiger partial charge in [0, 0.05) is 21.3 Å². The fourth-order valence-corrected chi connectivity index (χ4v) is 4.30. The van der Waals surface area contributed by atoms with Gasteiger partial charge in [-0.3, -0.25) is 0 Å². The lowest BCUT2D eigenvalue weighted by Crippen LogP contribution is -2.45. The van der Waals surface area contributed by atoms with Gasteiger partial charge in [0.05, 0.1) is 29.8 Å². The van der Waals surface area contributed by atoms with Crippen molar-refractivity contribution in [2.75, 3.05) is 13.7 Å². The van der Waals surface area contributed by atoms with Crippen molar-refractivity contribution in [2.24, 2.45) is 0 Å². The van der Waals surface area contributed by atoms with E-state index in [2.05, 4.69) is 26.6 Å². The summed E-state index contributed by atoms with van der Waals surface area (Å²) in [7, 11) is 1.50. The van der Waals surface area contributed by atoms with Crippen LogP contribution in [0.4, 0.5) is 4.79 Å². The molecule has 0 fully saturated rings. The van der Waals surface area contributed by atoms with E-state index < -0.39 is 18.0 Å². The van der Waals surface area contributed by atoms with E-state index in [1.54, 1.807) is 44.2 Å². The highest BCUT2D eigenvalue weighted by Crippen LogP contribution is 2.41. The number of nitrogens with one attached hydrogen (secondary N) is 2. The van der Waals surface area contributed by atoms with Gasteiger partial charge in [0.2, 0.25) is 0 Å². The number of hydrogen-bond donors (Lipinski definition) is 2. The van der Waals surface area contributed by atoms with Gasteiger partial charge in [0.1, 0.15) is 6.61 Å². The molecule has 170 valence electrons. The predicted molar refractivity (Wildman–Crippen MR) is 125 cm³/mol. The lowest BCUT2D eigenvalue weighted by molar-refractivity contribution is -0.139. The molecule has 7 nitrogen and oxygen atoms in total. The van der Waals surface area contributed by atoms with Gasteiger partial charge in [-0.25, -0.2) is 9.59 Å². The second-order valence-electron chi connectivity index (χ2n) is 6.85. The predicted octanol–water partition coefficient (Wildman–Crippen LogP) is 5.53. The van der Waals surface area contributed by atoms with Crippen LogP contribution in [-0.2, 0) is 16.1 Å². The number of esters is 1. The fraction of sp³-hybridized carbons (Fsp3) is 0.273. The quantitative estimate of drug-likeness (QED) is 0.448. The van der Waals surface area contributed by atoms with Crippen molar-refractivity contribution in [3.8, 4) is 11.5 Å². The van der Waals surface area contributed by atoms with Gasteiger partial charge in [0.25, 0.3) is 0 Å². The number of halogens is 3. The number of amides is 2. The summed E-state index contributed by atoms with van der Waals surface area (Å²) in [6.07, 6.45) is 0. The van der Waals surface area contributed by atoms with Gasteiger partial charge >= 0.3 is 12.0 Å². The van der Waals surface area contributed by atoms with E-state index in [9.17, 15) is 9.59 Å². The Kier molecular flexibility index (Phi) is 7.92. The van der Waals surface area contributed by atoms with Crippen molar-refractivity contribution >= 4 is 51.1 Å². The van der Waals surface area contributed by atoms with Crippen molar-refractivity contribution in [2.45, 2.75) is 26.5 Å². The molecule has 0 saturated heterocycles. The van der Waals surface area contributed by atoms with Crippen LogP contribution in [0.5, 0.6) is 11.5 Å². The summed E-state index contributed by atoms with van der Waals surface area (Å²) in [5.41, 5.74) is 2.10. The number of carbonyl (C=O) groups is 2. The van der Waals surface area contributed by atoms with E-state index in [0.29, 0.717) is 42.9 Å². The summed E-state index contributed by atoms with van der Waals surface area (Å²) in [4.78, 5) is 24.7. The van der Waals surface area contributed by atoms with Crippen LogP contribution in [0.15, 0.2) is 46.1 Å². The third-order valence-corrected chi connectivity index (χ3v) is 5.91. The molecule has 10 heteroatoms. The molecule has 2 N–H and O–H groups in total. The number of carbonyl (C=O) groups excluding carboxylic acids is 2. The zero-order valence-corrected chi connectivity index (χ0v) is 20.7. The monoisotopic (exact) mass is 542 g/mol. The first-order valence-corrected chi connectivity index (χ1v) is 11.2. The molecule has 1 heterocycles. The molecule has 2 aromatic carbocycles. The average molecular weight is 544 g/mol. The zero-order chi connectivity index (χ0) is 23.4. The molecule has 0 spiro atoms. The minimum absolute atomic E-state index is 0.182. The number of rotatable bonds is 7. The first-order chi connectivity index (χ1) is 15.2. The van der Waals surface area contributed by atoms with Crippen LogP contribution in [0.25, 0.3) is 0 Å². The van der Waals surface area contributed by atoms with Crippen molar-refractivity contribution in [1.29, 1.82) is 0 Å². The second kappa shape index (κ2) is 10.5. The molecule has 1 aliphatic rings. The molecular weight excluding hydrogens is 523 g/mol. The Balaban J connectivity index is 1.95. The van der Waals surface area contributed by atoms with Crippen LogP contribution >= 0.6 is 39.1 Å². The normalized spacial score (nSPS) is 15.7. The summed E-state index contributed by atoms with van der Waals surface area (Å²) in [6, 6.07) is 7.45. The minimum atomic E-state index is -0.729. The van der Waals surface area contributed by atoms with E-state index >= 15 is 0 Å². The molecule has 3 rings (SSSR count). The Morgan fingerprint density at radius 3 is 2.62 bits per heavy atom. The smallest absolute Gasteiger partial charge is 0.338 e. The number of benzene rings is 2. The maximum atomic E-state index is 12.6. The molecule has 0 unspecified atom stereocenters. The van der Waals surface area contributed by atoms with Crippen LogP contribution in [-0.4, -0.2) is 25.7 Å². The van der Waals surface area contributed by atoms with Gasteiger partial charge in [-0.05, 0) is 59.6 Å². The first kappa shape index (κ1) is 24.2. The van der Waals surface area contributed by atoms with E-state index in [4.69, 9.17) is 37.4 Å². The molecule has 1 atom stereocenters. The molecule has 2 aromatic rings. The summed E-state index contributed by atoms with van der Waals surface area (Å²) < 4.78 is 17.2. The van der Waals surface area contributed by atoms with Gasteiger partial charge < -0.3 is 24.8 Å². The van der Waals surface area contributed by atoms with E-state index in [1.165, 1.54) is 7.11 Å². The minimum Gasteiger partial charge on any atom is -0.493 e. The van der Waals surface area contributed by atoms with Crippen LogP contribution in [0.2, 0.25) is 10.0 Å². The highest BCUT2D eigenvalue weighted by atomic mass is 79.9. The number of hydrogen-bond acceptors (Lipinski definition) is 5. The third-order valence-electron chi connectivity index (χ3n) is 4.74. The topological polar surface area (TPSA) is 85.9 Å². The SMILES string of the molecule is CCOC(=O)C1=C(C)NC(=O)N[C@H]1c1cc(Br)c(OCc2ccc(Cl)cc2Cl)c(OC)c1. The Hall–Kier alpha value is -2.42. The largest absolute Gasteiger partial charge is 0.493 e. The molecule has 32 heavy (non-hydrogen) atoms. The van der Waals surface area contributed by atoms with Crippen molar-refractivity contribution < 1.29 is 23.8 Å². The van der Waals surface area contributed by atoms with Gasteiger partial charge in [-0.2, -0.15) is 0 Å². The van der Waals surface area contributed by atoms with Crippen molar-refractivity contribution in [1.82, 2.24) is 10.6 Å². The highest BCUT2D eigenvalue weighted by Gasteiger charge is 2.33. The maximum Gasteiger partial charge on any atom is 0.338 e. The van der Waals surface area contributed by atoms with Crippen LogP contribution in [0, 0.1) is 0 Å². The number of allylic oxidation sites excluding steroid dienone is 1. The number of ether oxygens (including phenoxy) is 3. The molecule has 0 bridgehead atoms. The van der Waals surface area contributed by atoms with Crippen molar-refractivity contribution in [3.05, 3.63) is 67.2 Å². The lowest BCUT2D eigenvalue weighted by atomic mass is 9.95. The average Bonchev–Trinajstić information content (AvgIpc) is 2.73. The molecule has 0 aliphatic carbocycles. The molecule has 1 aliphatic heterocycles. The zero-order valence-electron chi connectivity index (χ0n) is 17.6. The van der Waals surface area contributed by atoms with Gasteiger partial charge in [-0.1, -0.05) is 29.3 Å². The van der Waals surface area contributed by atoms with Crippen LogP contribution < -0.4 is 20.1 Å². The molecule has 2 amide bonds. The number of methoxy groups -OCH3 is 1. The number of urea groups is 1. The molecule has 0 saturated carbocycles. The van der Waals surface area contributed by atoms with Crippen LogP contribution in [0.3, 0.4) is 0 Å². The lowest BCUT2D eigenvalue weighted by Gasteiger charge is -2.28. The Morgan fingerprint density at radius 1 is 1.22 bits per heavy atom. The summed E-state index contributed by atoms with van der Waals surface area (Å²) in [6.45, 7) is 3.76. The van der Waals surface area contributed by atoms with E-state index in [-0.39, 0.29) is 13.2 Å². The van der Waals surface area contributed by atoms with Crippen LogP contribution in [0.1, 0.15) is 31.0 Å². The first-order valence-electron chi connectivity index (χ1n) is 9.64. The van der Waals surface area contributed by atoms with Gasteiger partial charge in [0.15, 0.2) is 11.5 Å². The van der Waals surface area contributed by atoms with E-state index in [0.717, 1.165) is 5.56 Å². The third kappa shape index (κ3) is 5.31. The highest BCUT2D eigenvalue weighted by molar-refractivity contribution is 9.10. The summed E-state index contributed by atoms with van der Waals surface area (Å²) in [5, 5.41) is 6.40. The maximum absolute atomic E-state index is 12.6. The molecular formula is C22H21BrCl2N2O5. The standard InChI is InChI=1S/C22H21BrCl2N2O5/c1-4-31-21(28)18-11(2)26-22(29)27-19(18)13-7-15(23)20(17(8-13)30-3)32-10-12-5-6-14(24)9-16(12)25/h5-9,19H,4,10H2,1-3H3,(H2,26,27,29)/t19-/m0/s1. The molecule has 0 radical (unpaired) electrons. The summed E-state index contributed by atoms with van der Waals surface area (Å²) >= 11 is 15.7. The Morgan fingerprint density at radius 2 is 1.97 bits per heavy atom.